The molecule has 1 rings (SSSR count). The van der Waals surface area contributed by atoms with Gasteiger partial charge >= 0.3 is 0 Å². The molecule has 1 fully saturated rings. The van der Waals surface area contributed by atoms with Gasteiger partial charge in [0.1, 0.15) is 0 Å². The minimum atomic E-state index is 0.253. The van der Waals surface area contributed by atoms with Crippen molar-refractivity contribution in [2.75, 3.05) is 6.54 Å². The van der Waals surface area contributed by atoms with Gasteiger partial charge in [-0.15, -0.1) is 12.3 Å². The molecule has 2 heteroatoms. The van der Waals surface area contributed by atoms with Crippen LogP contribution < -0.4 is 5.32 Å². The Morgan fingerprint density at radius 2 is 2.07 bits per heavy atom. The van der Waals surface area contributed by atoms with Crippen molar-refractivity contribution in [2.24, 2.45) is 5.92 Å². The Kier molecular flexibility index (Phi) is 5.14. The van der Waals surface area contributed by atoms with Crippen LogP contribution in [-0.4, -0.2) is 12.5 Å². The lowest BCUT2D eigenvalue weighted by Gasteiger charge is -2.09. The highest BCUT2D eigenvalue weighted by atomic mass is 16.1. The molecule has 2 nitrogen and oxygen atoms in total. The van der Waals surface area contributed by atoms with Crippen LogP contribution in [0.25, 0.3) is 0 Å². The van der Waals surface area contributed by atoms with Gasteiger partial charge in [0.05, 0.1) is 0 Å². The fourth-order valence-electron chi connectivity index (χ4n) is 1.90. The molecule has 0 saturated heterocycles. The summed E-state index contributed by atoms with van der Waals surface area (Å²) >= 11 is 0. The monoisotopic (exact) mass is 193 g/mol. The van der Waals surface area contributed by atoms with Gasteiger partial charge in [0.2, 0.25) is 5.91 Å². The Hall–Kier alpha value is -0.970. The van der Waals surface area contributed by atoms with Gasteiger partial charge in [0, 0.05) is 18.9 Å². The minimum Gasteiger partial charge on any atom is -0.356 e. The number of terminal acetylenes is 1. The fourth-order valence-corrected chi connectivity index (χ4v) is 1.90. The first-order valence-corrected chi connectivity index (χ1v) is 5.56. The van der Waals surface area contributed by atoms with E-state index in [1.54, 1.807) is 0 Å². The molecule has 0 aromatic heterocycles. The number of amides is 1. The largest absolute Gasteiger partial charge is 0.356 e. The number of unbranched alkanes of at least 4 members (excludes halogenated alkanes) is 2. The van der Waals surface area contributed by atoms with Crippen molar-refractivity contribution in [3.05, 3.63) is 0 Å². The number of carbonyl (C=O) groups excluding carboxylic acids is 1. The summed E-state index contributed by atoms with van der Waals surface area (Å²) in [6.45, 7) is 0.789. The highest BCUT2D eigenvalue weighted by Gasteiger charge is 2.21. The zero-order chi connectivity index (χ0) is 10.2. The second-order valence-corrected chi connectivity index (χ2v) is 3.93. The molecular weight excluding hydrogens is 174 g/mol. The van der Waals surface area contributed by atoms with Crippen LogP contribution in [0.2, 0.25) is 0 Å². The van der Waals surface area contributed by atoms with Crippen LogP contribution in [0, 0.1) is 18.3 Å². The summed E-state index contributed by atoms with van der Waals surface area (Å²) in [5, 5.41) is 2.98. The third kappa shape index (κ3) is 3.83. The van der Waals surface area contributed by atoms with Crippen molar-refractivity contribution in [1.29, 1.82) is 0 Å². The van der Waals surface area contributed by atoms with Gasteiger partial charge in [0.25, 0.3) is 0 Å². The lowest BCUT2D eigenvalue weighted by Crippen LogP contribution is -2.29. The van der Waals surface area contributed by atoms with E-state index < -0.39 is 0 Å². The van der Waals surface area contributed by atoms with Crippen LogP contribution in [0.15, 0.2) is 0 Å². The molecule has 1 aliphatic rings. The number of nitrogens with one attached hydrogen (secondary N) is 1. The molecule has 0 aliphatic heterocycles. The summed E-state index contributed by atoms with van der Waals surface area (Å²) in [6.07, 6.45) is 12.6. The summed E-state index contributed by atoms with van der Waals surface area (Å²) < 4.78 is 0. The summed E-state index contributed by atoms with van der Waals surface area (Å²) in [5.74, 6) is 3.15. The molecule has 1 amide bonds. The molecular formula is C12H19NO. The van der Waals surface area contributed by atoms with E-state index >= 15 is 0 Å². The van der Waals surface area contributed by atoms with Gasteiger partial charge in [-0.3, -0.25) is 4.79 Å². The predicted octanol–water partition coefficient (Wildman–Crippen LogP) is 2.10. The Balaban J connectivity index is 2.00. The number of hydrogen-bond acceptors (Lipinski definition) is 1. The van der Waals surface area contributed by atoms with Crippen molar-refractivity contribution in [2.45, 2.75) is 44.9 Å². The SMILES string of the molecule is C#CCCCCNC(=O)C1CCCC1. The van der Waals surface area contributed by atoms with Crippen LogP contribution in [0.5, 0.6) is 0 Å². The number of hydrogen-bond donors (Lipinski definition) is 1. The summed E-state index contributed by atoms with van der Waals surface area (Å²) in [4.78, 5) is 11.5. The summed E-state index contributed by atoms with van der Waals surface area (Å²) in [7, 11) is 0. The zero-order valence-electron chi connectivity index (χ0n) is 8.72. The molecule has 0 atom stereocenters. The van der Waals surface area contributed by atoms with Crippen molar-refractivity contribution in [3.8, 4) is 12.3 Å². The van der Waals surface area contributed by atoms with E-state index in [0.29, 0.717) is 5.92 Å². The normalized spacial score (nSPS) is 16.5. The van der Waals surface area contributed by atoms with Crippen molar-refractivity contribution in [3.63, 3.8) is 0 Å². The van der Waals surface area contributed by atoms with Crippen LogP contribution >= 0.6 is 0 Å². The van der Waals surface area contributed by atoms with E-state index in [4.69, 9.17) is 6.42 Å². The highest BCUT2D eigenvalue weighted by molar-refractivity contribution is 5.78. The number of carbonyl (C=O) groups is 1. The molecule has 78 valence electrons. The summed E-state index contributed by atoms with van der Waals surface area (Å²) in [6, 6.07) is 0. The zero-order valence-corrected chi connectivity index (χ0v) is 8.72. The molecule has 1 N–H and O–H groups in total. The molecule has 0 unspecified atom stereocenters. The number of rotatable bonds is 5. The van der Waals surface area contributed by atoms with Crippen molar-refractivity contribution < 1.29 is 4.79 Å². The van der Waals surface area contributed by atoms with Crippen LogP contribution in [0.3, 0.4) is 0 Å². The topological polar surface area (TPSA) is 29.1 Å². The first-order valence-electron chi connectivity index (χ1n) is 5.56. The molecule has 0 aromatic rings. The van der Waals surface area contributed by atoms with Crippen LogP contribution in [-0.2, 0) is 4.79 Å². The highest BCUT2D eigenvalue weighted by Crippen LogP contribution is 2.24. The third-order valence-corrected chi connectivity index (χ3v) is 2.77. The minimum absolute atomic E-state index is 0.253. The smallest absolute Gasteiger partial charge is 0.223 e. The molecule has 1 saturated carbocycles. The predicted molar refractivity (Wildman–Crippen MR) is 57.7 cm³/mol. The van der Waals surface area contributed by atoms with E-state index in [9.17, 15) is 4.79 Å². The maximum absolute atomic E-state index is 11.5. The van der Waals surface area contributed by atoms with Gasteiger partial charge in [-0.1, -0.05) is 12.8 Å². The third-order valence-electron chi connectivity index (χ3n) is 2.77. The van der Waals surface area contributed by atoms with E-state index in [-0.39, 0.29) is 5.91 Å². The Bertz CT molecular complexity index is 211. The fraction of sp³-hybridized carbons (Fsp3) is 0.750. The van der Waals surface area contributed by atoms with Crippen molar-refractivity contribution >= 4 is 5.91 Å². The van der Waals surface area contributed by atoms with E-state index in [2.05, 4.69) is 11.2 Å². The second-order valence-electron chi connectivity index (χ2n) is 3.93. The molecule has 14 heavy (non-hydrogen) atoms. The van der Waals surface area contributed by atoms with Gasteiger partial charge in [0.15, 0.2) is 0 Å². The molecule has 1 aliphatic carbocycles. The average molecular weight is 193 g/mol. The van der Waals surface area contributed by atoms with E-state index in [1.165, 1.54) is 12.8 Å². The first kappa shape index (κ1) is 11.1. The molecule has 0 heterocycles. The Morgan fingerprint density at radius 1 is 1.36 bits per heavy atom. The van der Waals surface area contributed by atoms with Crippen molar-refractivity contribution in [1.82, 2.24) is 5.32 Å². The molecule has 0 bridgehead atoms. The van der Waals surface area contributed by atoms with Gasteiger partial charge < -0.3 is 5.32 Å². The average Bonchev–Trinajstić information content (AvgIpc) is 2.70. The molecule has 0 aromatic carbocycles. The second kappa shape index (κ2) is 6.48. The lowest BCUT2D eigenvalue weighted by atomic mass is 10.1. The van der Waals surface area contributed by atoms with E-state index in [1.807, 2.05) is 0 Å². The van der Waals surface area contributed by atoms with Gasteiger partial charge in [-0.05, 0) is 25.7 Å². The van der Waals surface area contributed by atoms with Crippen LogP contribution in [0.4, 0.5) is 0 Å². The van der Waals surface area contributed by atoms with Crippen LogP contribution in [0.1, 0.15) is 44.9 Å². The molecule has 0 radical (unpaired) electrons. The molecule has 0 spiro atoms. The lowest BCUT2D eigenvalue weighted by molar-refractivity contribution is -0.124. The Morgan fingerprint density at radius 3 is 2.71 bits per heavy atom. The van der Waals surface area contributed by atoms with E-state index in [0.717, 1.165) is 38.6 Å². The maximum atomic E-state index is 11.5. The Labute approximate surface area is 86.5 Å². The van der Waals surface area contributed by atoms with Gasteiger partial charge in [-0.2, -0.15) is 0 Å². The quantitative estimate of drug-likeness (QED) is 0.526. The standard InChI is InChI=1S/C12H19NO/c1-2-3-4-7-10-13-12(14)11-8-5-6-9-11/h1,11H,3-10H2,(H,13,14). The maximum Gasteiger partial charge on any atom is 0.223 e. The van der Waals surface area contributed by atoms with Gasteiger partial charge in [-0.25, -0.2) is 0 Å². The first-order chi connectivity index (χ1) is 6.84. The summed E-state index contributed by atoms with van der Waals surface area (Å²) in [5.41, 5.74) is 0.